The molecular formula is C23H20FN5O2. The fraction of sp³-hybridized carbons (Fsp3) is 0.130. The maximum absolute atomic E-state index is 13.5. The summed E-state index contributed by atoms with van der Waals surface area (Å²) in [5.41, 5.74) is 9.23. The molecule has 0 aliphatic carbocycles. The summed E-state index contributed by atoms with van der Waals surface area (Å²) in [7, 11) is 0. The zero-order valence-corrected chi connectivity index (χ0v) is 16.5. The number of hydrogen-bond acceptors (Lipinski definition) is 6. The van der Waals surface area contributed by atoms with Gasteiger partial charge in [0.1, 0.15) is 17.9 Å². The lowest BCUT2D eigenvalue weighted by atomic mass is 9.91. The molecule has 0 aliphatic heterocycles. The van der Waals surface area contributed by atoms with Crippen molar-refractivity contribution in [1.82, 2.24) is 15.1 Å². The first-order valence-corrected chi connectivity index (χ1v) is 9.70. The van der Waals surface area contributed by atoms with Crippen molar-refractivity contribution in [3.8, 4) is 11.3 Å². The van der Waals surface area contributed by atoms with Crippen LogP contribution in [0.1, 0.15) is 22.6 Å². The van der Waals surface area contributed by atoms with E-state index in [9.17, 15) is 9.18 Å². The number of halogens is 1. The standard InChI is InChI=1S/C23H20FN5O2/c24-18-5-1-3-15(11-18)8-10-27-23-19(6-7-20(29-23)17-13-28-31-14-17)21(22(25)30)16-4-2-9-26-12-16/h1-7,9,11-14,21H,8,10H2,(H2,25,30)(H,27,29). The Morgan fingerprint density at radius 3 is 2.77 bits per heavy atom. The molecule has 0 radical (unpaired) electrons. The number of primary amides is 1. The molecule has 3 heterocycles. The minimum absolute atomic E-state index is 0.281. The summed E-state index contributed by atoms with van der Waals surface area (Å²) in [6, 6.07) is 13.6. The fourth-order valence-electron chi connectivity index (χ4n) is 3.40. The highest BCUT2D eigenvalue weighted by Gasteiger charge is 2.25. The quantitative estimate of drug-likeness (QED) is 0.454. The monoisotopic (exact) mass is 417 g/mol. The maximum Gasteiger partial charge on any atom is 0.229 e. The Labute approximate surface area is 178 Å². The van der Waals surface area contributed by atoms with Gasteiger partial charge in [-0.2, -0.15) is 0 Å². The van der Waals surface area contributed by atoms with Crippen LogP contribution in [0, 0.1) is 5.82 Å². The second kappa shape index (κ2) is 9.17. The van der Waals surface area contributed by atoms with Crippen LogP contribution in [0.5, 0.6) is 0 Å². The number of hydrogen-bond donors (Lipinski definition) is 2. The molecular weight excluding hydrogens is 397 g/mol. The van der Waals surface area contributed by atoms with Gasteiger partial charge in [-0.05, 0) is 41.8 Å². The molecule has 156 valence electrons. The lowest BCUT2D eigenvalue weighted by Gasteiger charge is -2.19. The van der Waals surface area contributed by atoms with Crippen LogP contribution in [-0.2, 0) is 11.2 Å². The molecule has 4 aromatic rings. The van der Waals surface area contributed by atoms with E-state index in [1.165, 1.54) is 18.4 Å². The molecule has 3 aromatic heterocycles. The van der Waals surface area contributed by atoms with E-state index in [0.29, 0.717) is 41.2 Å². The van der Waals surface area contributed by atoms with Crippen molar-refractivity contribution >= 4 is 11.7 Å². The number of pyridine rings is 2. The molecule has 0 saturated heterocycles. The number of nitrogens with two attached hydrogens (primary N) is 1. The van der Waals surface area contributed by atoms with Gasteiger partial charge in [-0.15, -0.1) is 0 Å². The number of benzene rings is 1. The molecule has 1 atom stereocenters. The Kier molecular flexibility index (Phi) is 5.98. The topological polar surface area (TPSA) is 107 Å². The summed E-state index contributed by atoms with van der Waals surface area (Å²) in [5, 5.41) is 6.99. The Morgan fingerprint density at radius 2 is 2.06 bits per heavy atom. The van der Waals surface area contributed by atoms with Gasteiger partial charge in [0.25, 0.3) is 0 Å². The fourth-order valence-corrected chi connectivity index (χ4v) is 3.40. The van der Waals surface area contributed by atoms with Crippen LogP contribution in [0.2, 0.25) is 0 Å². The van der Waals surface area contributed by atoms with E-state index in [4.69, 9.17) is 10.3 Å². The van der Waals surface area contributed by atoms with E-state index >= 15 is 0 Å². The highest BCUT2D eigenvalue weighted by molar-refractivity contribution is 5.87. The van der Waals surface area contributed by atoms with E-state index in [0.717, 1.165) is 5.56 Å². The zero-order valence-electron chi connectivity index (χ0n) is 16.5. The van der Waals surface area contributed by atoms with Crippen LogP contribution in [-0.4, -0.2) is 27.6 Å². The number of anilines is 1. The number of nitrogens with zero attached hydrogens (tertiary/aromatic N) is 3. The van der Waals surface area contributed by atoms with E-state index in [-0.39, 0.29) is 5.82 Å². The number of carbonyl (C=O) groups is 1. The largest absolute Gasteiger partial charge is 0.369 e. The summed E-state index contributed by atoms with van der Waals surface area (Å²) in [4.78, 5) is 21.2. The van der Waals surface area contributed by atoms with Crippen molar-refractivity contribution < 1.29 is 13.7 Å². The van der Waals surface area contributed by atoms with Gasteiger partial charge in [0, 0.05) is 24.5 Å². The molecule has 0 spiro atoms. The van der Waals surface area contributed by atoms with Gasteiger partial charge in [0.05, 0.1) is 23.4 Å². The lowest BCUT2D eigenvalue weighted by molar-refractivity contribution is -0.118. The van der Waals surface area contributed by atoms with E-state index < -0.39 is 11.8 Å². The third-order valence-electron chi connectivity index (χ3n) is 4.86. The SMILES string of the molecule is NC(=O)C(c1cccnc1)c1ccc(-c2cnoc2)nc1NCCc1cccc(F)c1. The number of rotatable bonds is 8. The van der Waals surface area contributed by atoms with Crippen molar-refractivity contribution in [1.29, 1.82) is 0 Å². The molecule has 4 rings (SSSR count). The second-order valence-corrected chi connectivity index (χ2v) is 6.98. The molecule has 0 saturated carbocycles. The number of aromatic nitrogens is 3. The van der Waals surface area contributed by atoms with Crippen LogP contribution in [0.3, 0.4) is 0 Å². The molecule has 1 amide bonds. The van der Waals surface area contributed by atoms with Crippen molar-refractivity contribution in [2.45, 2.75) is 12.3 Å². The van der Waals surface area contributed by atoms with Crippen molar-refractivity contribution in [2.24, 2.45) is 5.73 Å². The molecule has 8 heteroatoms. The van der Waals surface area contributed by atoms with Gasteiger partial charge in [-0.3, -0.25) is 9.78 Å². The minimum Gasteiger partial charge on any atom is -0.369 e. The smallest absolute Gasteiger partial charge is 0.229 e. The first kappa shape index (κ1) is 20.2. The van der Waals surface area contributed by atoms with E-state index in [1.54, 1.807) is 42.9 Å². The van der Waals surface area contributed by atoms with Crippen molar-refractivity contribution in [2.75, 3.05) is 11.9 Å². The van der Waals surface area contributed by atoms with Crippen molar-refractivity contribution in [3.05, 3.63) is 95.9 Å². The predicted octanol–water partition coefficient (Wildman–Crippen LogP) is 3.54. The molecule has 3 N–H and O–H groups in total. The summed E-state index contributed by atoms with van der Waals surface area (Å²) in [6.07, 6.45) is 6.87. The maximum atomic E-state index is 13.5. The van der Waals surface area contributed by atoms with Gasteiger partial charge in [0.2, 0.25) is 5.91 Å². The normalized spacial score (nSPS) is 11.8. The Balaban J connectivity index is 1.67. The molecule has 0 aliphatic rings. The third kappa shape index (κ3) is 4.75. The van der Waals surface area contributed by atoms with Crippen molar-refractivity contribution in [3.63, 3.8) is 0 Å². The van der Waals surface area contributed by atoms with Gasteiger partial charge >= 0.3 is 0 Å². The first-order valence-electron chi connectivity index (χ1n) is 9.70. The van der Waals surface area contributed by atoms with Gasteiger partial charge in [0.15, 0.2) is 0 Å². The van der Waals surface area contributed by atoms with E-state index in [1.807, 2.05) is 12.1 Å². The Hall–Kier alpha value is -4.07. The highest BCUT2D eigenvalue weighted by atomic mass is 19.1. The Morgan fingerprint density at radius 1 is 1.16 bits per heavy atom. The molecule has 7 nitrogen and oxygen atoms in total. The molecule has 1 aromatic carbocycles. The van der Waals surface area contributed by atoms with Crippen LogP contribution < -0.4 is 11.1 Å². The summed E-state index contributed by atoms with van der Waals surface area (Å²) in [5.74, 6) is -1.02. The zero-order chi connectivity index (χ0) is 21.6. The minimum atomic E-state index is -0.727. The average molecular weight is 417 g/mol. The summed E-state index contributed by atoms with van der Waals surface area (Å²) >= 11 is 0. The highest BCUT2D eigenvalue weighted by Crippen LogP contribution is 2.31. The predicted molar refractivity (Wildman–Crippen MR) is 114 cm³/mol. The Bertz CT molecular complexity index is 1170. The van der Waals surface area contributed by atoms with Crippen LogP contribution in [0.25, 0.3) is 11.3 Å². The summed E-state index contributed by atoms with van der Waals surface area (Å²) in [6.45, 7) is 0.481. The average Bonchev–Trinajstić information content (AvgIpc) is 3.30. The van der Waals surface area contributed by atoms with Gasteiger partial charge < -0.3 is 15.6 Å². The molecule has 0 fully saturated rings. The number of amides is 1. The summed E-state index contributed by atoms with van der Waals surface area (Å²) < 4.78 is 18.4. The molecule has 0 bridgehead atoms. The van der Waals surface area contributed by atoms with Crippen LogP contribution in [0.4, 0.5) is 10.2 Å². The number of carbonyl (C=O) groups excluding carboxylic acids is 1. The molecule has 31 heavy (non-hydrogen) atoms. The van der Waals surface area contributed by atoms with Crippen LogP contribution >= 0.6 is 0 Å². The van der Waals surface area contributed by atoms with Gasteiger partial charge in [-0.1, -0.05) is 29.4 Å². The second-order valence-electron chi connectivity index (χ2n) is 6.98. The lowest BCUT2D eigenvalue weighted by Crippen LogP contribution is -2.24. The first-order chi connectivity index (χ1) is 15.1. The molecule has 1 unspecified atom stereocenters. The number of nitrogens with one attached hydrogen (secondary N) is 1. The third-order valence-corrected chi connectivity index (χ3v) is 4.86. The van der Waals surface area contributed by atoms with Gasteiger partial charge in [-0.25, -0.2) is 9.37 Å². The van der Waals surface area contributed by atoms with E-state index in [2.05, 4.69) is 20.4 Å². The van der Waals surface area contributed by atoms with Crippen LogP contribution in [0.15, 0.2) is 77.9 Å².